The molecule has 2 aromatic rings. The standard InChI is InChI=1S/C27H34ClN7O2S/c1-18(38-12-9-29)15-36-25-6-4-21(14-23(25)28)33-19(2)22-13-20(3-5-24(22)32-17-30)34-26-35-27(16-37-26)7-10-31-11-8-27/h3-6,9,12-14,31-33H,1-2,7-8,10-11,15-17,29-30H2,(H,34,35)/b12-9-. The molecule has 1 saturated heterocycles. The number of anilines is 3. The normalized spacial score (nSPS) is 16.1. The lowest BCUT2D eigenvalue weighted by molar-refractivity contribution is 0.214. The lowest BCUT2D eigenvalue weighted by Crippen LogP contribution is -2.41. The maximum absolute atomic E-state index is 6.47. The van der Waals surface area contributed by atoms with E-state index in [0.29, 0.717) is 35.7 Å². The van der Waals surface area contributed by atoms with Gasteiger partial charge in [-0.1, -0.05) is 36.5 Å². The fourth-order valence-electron chi connectivity index (χ4n) is 4.22. The summed E-state index contributed by atoms with van der Waals surface area (Å²) in [5.41, 5.74) is 14.9. The molecule has 0 unspecified atom stereocenters. The summed E-state index contributed by atoms with van der Waals surface area (Å²) in [6.07, 6.45) is 3.39. The number of aliphatic imine (C=N–C) groups is 1. The minimum Gasteiger partial charge on any atom is -0.487 e. The lowest BCUT2D eigenvalue weighted by Gasteiger charge is -2.28. The molecule has 0 radical (unpaired) electrons. The molecule has 8 N–H and O–H groups in total. The Morgan fingerprint density at radius 1 is 1.21 bits per heavy atom. The highest BCUT2D eigenvalue weighted by Crippen LogP contribution is 2.33. The number of hydrogen-bond donors (Lipinski definition) is 6. The summed E-state index contributed by atoms with van der Waals surface area (Å²) in [4.78, 5) is 5.67. The van der Waals surface area contributed by atoms with Crippen LogP contribution in [0.15, 0.2) is 71.1 Å². The van der Waals surface area contributed by atoms with E-state index >= 15 is 0 Å². The van der Waals surface area contributed by atoms with E-state index in [1.165, 1.54) is 18.0 Å². The van der Waals surface area contributed by atoms with Gasteiger partial charge in [0.1, 0.15) is 24.5 Å². The average molecular weight is 556 g/mol. The van der Waals surface area contributed by atoms with Crippen molar-refractivity contribution in [3.05, 3.63) is 76.7 Å². The van der Waals surface area contributed by atoms with Crippen LogP contribution in [-0.2, 0) is 4.74 Å². The Morgan fingerprint density at radius 3 is 2.74 bits per heavy atom. The molecule has 4 rings (SSSR count). The third kappa shape index (κ3) is 7.16. The smallest absolute Gasteiger partial charge is 0.289 e. The van der Waals surface area contributed by atoms with Crippen molar-refractivity contribution in [1.82, 2.24) is 5.32 Å². The van der Waals surface area contributed by atoms with Crippen LogP contribution in [0.5, 0.6) is 5.75 Å². The van der Waals surface area contributed by atoms with Gasteiger partial charge >= 0.3 is 0 Å². The number of benzene rings is 2. The molecule has 2 aliphatic heterocycles. The third-order valence-corrected chi connectivity index (χ3v) is 7.21. The van der Waals surface area contributed by atoms with Crippen LogP contribution in [0.4, 0.5) is 17.1 Å². The van der Waals surface area contributed by atoms with Crippen LogP contribution in [0, 0.1) is 0 Å². The Hall–Kier alpha value is -3.31. The van der Waals surface area contributed by atoms with Gasteiger partial charge in [0.15, 0.2) is 0 Å². The molecule has 1 fully saturated rings. The number of nitrogens with two attached hydrogens (primary N) is 2. The lowest BCUT2D eigenvalue weighted by atomic mass is 9.91. The molecule has 38 heavy (non-hydrogen) atoms. The molecule has 11 heteroatoms. The van der Waals surface area contributed by atoms with Crippen LogP contribution in [0.25, 0.3) is 5.70 Å². The van der Waals surface area contributed by atoms with E-state index in [9.17, 15) is 0 Å². The first-order chi connectivity index (χ1) is 18.4. The van der Waals surface area contributed by atoms with Crippen LogP contribution >= 0.6 is 23.4 Å². The fraction of sp³-hybridized carbons (Fsp3) is 0.296. The maximum atomic E-state index is 6.47. The molecule has 0 bridgehead atoms. The van der Waals surface area contributed by atoms with Crippen LogP contribution in [0.2, 0.25) is 5.02 Å². The zero-order valence-electron chi connectivity index (χ0n) is 21.2. The van der Waals surface area contributed by atoms with Gasteiger partial charge in [-0.25, -0.2) is 4.99 Å². The number of amidine groups is 1. The third-order valence-electron chi connectivity index (χ3n) is 6.17. The van der Waals surface area contributed by atoms with Gasteiger partial charge < -0.3 is 42.2 Å². The summed E-state index contributed by atoms with van der Waals surface area (Å²) in [6.45, 7) is 11.3. The molecule has 202 valence electrons. The van der Waals surface area contributed by atoms with Gasteiger partial charge in [0.25, 0.3) is 6.02 Å². The molecular formula is C27H34ClN7O2S. The quantitative estimate of drug-likeness (QED) is 0.218. The van der Waals surface area contributed by atoms with Gasteiger partial charge in [-0.2, -0.15) is 0 Å². The van der Waals surface area contributed by atoms with Crippen molar-refractivity contribution >= 4 is 52.1 Å². The van der Waals surface area contributed by atoms with Gasteiger partial charge in [-0.3, -0.25) is 0 Å². The number of hydrogen-bond acceptors (Lipinski definition) is 10. The van der Waals surface area contributed by atoms with Crippen LogP contribution in [0.1, 0.15) is 18.4 Å². The average Bonchev–Trinajstić information content (AvgIpc) is 3.29. The number of ether oxygens (including phenoxy) is 2. The molecule has 0 saturated carbocycles. The van der Waals surface area contributed by atoms with Crippen molar-refractivity contribution in [1.29, 1.82) is 0 Å². The zero-order valence-corrected chi connectivity index (χ0v) is 22.8. The van der Waals surface area contributed by atoms with E-state index in [0.717, 1.165) is 53.5 Å². The number of piperidine rings is 1. The summed E-state index contributed by atoms with van der Waals surface area (Å²) in [5.74, 6) is 0.557. The second-order valence-corrected chi connectivity index (χ2v) is 10.5. The van der Waals surface area contributed by atoms with Crippen molar-refractivity contribution in [2.75, 3.05) is 48.9 Å². The van der Waals surface area contributed by atoms with Crippen LogP contribution < -0.4 is 37.5 Å². The van der Waals surface area contributed by atoms with E-state index in [4.69, 9.17) is 37.5 Å². The Bertz CT molecular complexity index is 1230. The first-order valence-electron chi connectivity index (χ1n) is 12.3. The number of nitrogens with one attached hydrogen (secondary N) is 4. The molecule has 0 atom stereocenters. The summed E-state index contributed by atoms with van der Waals surface area (Å²) in [6, 6.07) is 11.9. The monoisotopic (exact) mass is 555 g/mol. The van der Waals surface area contributed by atoms with Gasteiger partial charge in [-0.15, -0.1) is 0 Å². The van der Waals surface area contributed by atoms with E-state index in [2.05, 4.69) is 34.4 Å². The number of nitrogens with zero attached hydrogens (tertiary/aromatic N) is 1. The first kappa shape index (κ1) is 27.7. The molecule has 9 nitrogen and oxygen atoms in total. The molecule has 2 aromatic carbocycles. The van der Waals surface area contributed by atoms with E-state index in [-0.39, 0.29) is 12.2 Å². The molecule has 0 amide bonds. The second-order valence-electron chi connectivity index (χ2n) is 8.97. The number of thioether (sulfide) groups is 1. The largest absolute Gasteiger partial charge is 0.487 e. The van der Waals surface area contributed by atoms with E-state index < -0.39 is 0 Å². The summed E-state index contributed by atoms with van der Waals surface area (Å²) >= 11 is 7.88. The summed E-state index contributed by atoms with van der Waals surface area (Å²) < 4.78 is 11.7. The van der Waals surface area contributed by atoms with Gasteiger partial charge in [0.2, 0.25) is 0 Å². The summed E-state index contributed by atoms with van der Waals surface area (Å²) in [7, 11) is 0. The van der Waals surface area contributed by atoms with Crippen molar-refractivity contribution in [2.24, 2.45) is 16.5 Å². The SMILES string of the molecule is C=C(COc1ccc(NC(=C)c2cc(NC3=NC4(CCNCC4)CO3)ccc2NCN)cc1Cl)S/C=C\N. The summed E-state index contributed by atoms with van der Waals surface area (Å²) in [5, 5.41) is 15.4. The Labute approximate surface area is 232 Å². The molecule has 0 aliphatic carbocycles. The van der Waals surface area contributed by atoms with E-state index in [1.807, 2.05) is 24.3 Å². The maximum Gasteiger partial charge on any atom is 0.289 e. The molecule has 0 aromatic heterocycles. The fourth-order valence-corrected chi connectivity index (χ4v) is 4.85. The van der Waals surface area contributed by atoms with Crippen molar-refractivity contribution in [2.45, 2.75) is 18.4 Å². The highest BCUT2D eigenvalue weighted by atomic mass is 35.5. The van der Waals surface area contributed by atoms with Crippen LogP contribution in [-0.4, -0.2) is 44.5 Å². The topological polar surface area (TPSA) is 131 Å². The van der Waals surface area contributed by atoms with E-state index in [1.54, 1.807) is 17.5 Å². The predicted molar refractivity (Wildman–Crippen MR) is 161 cm³/mol. The van der Waals surface area contributed by atoms with Crippen molar-refractivity contribution in [3.8, 4) is 5.75 Å². The van der Waals surface area contributed by atoms with Gasteiger partial charge in [0.05, 0.1) is 11.7 Å². The minimum absolute atomic E-state index is 0.134. The molecule has 2 heterocycles. The van der Waals surface area contributed by atoms with Gasteiger partial charge in [0, 0.05) is 39.4 Å². The van der Waals surface area contributed by atoms with Crippen LogP contribution in [0.3, 0.4) is 0 Å². The van der Waals surface area contributed by atoms with Crippen molar-refractivity contribution in [3.63, 3.8) is 0 Å². The Kier molecular flexibility index (Phi) is 9.46. The molecule has 2 aliphatic rings. The minimum atomic E-state index is -0.134. The molecule has 1 spiro atoms. The predicted octanol–water partition coefficient (Wildman–Crippen LogP) is 4.73. The van der Waals surface area contributed by atoms with Crippen molar-refractivity contribution < 1.29 is 9.47 Å². The zero-order chi connectivity index (χ0) is 27.0. The Morgan fingerprint density at radius 2 is 2.00 bits per heavy atom. The highest BCUT2D eigenvalue weighted by Gasteiger charge is 2.37. The highest BCUT2D eigenvalue weighted by molar-refractivity contribution is 8.05. The second kappa shape index (κ2) is 13.0. The molecular weight excluding hydrogens is 522 g/mol. The van der Waals surface area contributed by atoms with Gasteiger partial charge in [-0.05, 0) is 67.7 Å². The number of rotatable bonds is 11. The number of halogens is 1. The Balaban J connectivity index is 1.44. The first-order valence-corrected chi connectivity index (χ1v) is 13.6.